The molecule has 2 N–H and O–H groups in total. The van der Waals surface area contributed by atoms with Gasteiger partial charge in [0.1, 0.15) is 0 Å². The van der Waals surface area contributed by atoms with Gasteiger partial charge in [0.15, 0.2) is 12.4 Å². The molecule has 0 heterocycles. The second kappa shape index (κ2) is 13.5. The molecule has 0 aliphatic rings. The van der Waals surface area contributed by atoms with E-state index in [1.54, 1.807) is 36.4 Å². The molecule has 0 bridgehead atoms. The van der Waals surface area contributed by atoms with E-state index in [4.69, 9.17) is 9.47 Å². The first-order chi connectivity index (χ1) is 16.3. The van der Waals surface area contributed by atoms with Crippen LogP contribution in [0.3, 0.4) is 0 Å². The van der Waals surface area contributed by atoms with Gasteiger partial charge in [-0.2, -0.15) is 0 Å². The van der Waals surface area contributed by atoms with Gasteiger partial charge in [0.05, 0.1) is 12.2 Å². The molecule has 9 heteroatoms. The molecule has 2 rings (SSSR count). The number of carbonyl (C=O) groups is 5. The monoisotopic (exact) mass is 468 g/mol. The summed E-state index contributed by atoms with van der Waals surface area (Å²) in [5.74, 6) is -1.97. The van der Waals surface area contributed by atoms with Crippen LogP contribution in [-0.4, -0.2) is 42.7 Å². The van der Waals surface area contributed by atoms with Crippen molar-refractivity contribution >= 4 is 40.9 Å². The number of esters is 2. The standard InChI is InChI=1S/C25H28N2O7/c1-3-14-33-25(32)18-10-12-20(13-11-18)26-23(30)16-34-24(31)9-5-8-22(29)27-21-7-4-6-19(15-21)17(2)28/h4,6-7,10-13,15H,3,5,8-9,14,16H2,1-2H3,(H,26,30)(H,27,29). The van der Waals surface area contributed by atoms with Crippen LogP contribution in [0, 0.1) is 0 Å². The van der Waals surface area contributed by atoms with Gasteiger partial charge in [0.2, 0.25) is 5.91 Å². The number of anilines is 2. The summed E-state index contributed by atoms with van der Waals surface area (Å²) in [5.41, 5.74) is 1.81. The van der Waals surface area contributed by atoms with Crippen LogP contribution < -0.4 is 10.6 Å². The Morgan fingerprint density at radius 3 is 2.18 bits per heavy atom. The Morgan fingerprint density at radius 1 is 0.794 bits per heavy atom. The highest BCUT2D eigenvalue weighted by Gasteiger charge is 2.11. The summed E-state index contributed by atoms with van der Waals surface area (Å²) in [6.07, 6.45) is 1.03. The van der Waals surface area contributed by atoms with Gasteiger partial charge < -0.3 is 20.1 Å². The molecule has 0 spiro atoms. The number of nitrogens with one attached hydrogen (secondary N) is 2. The Morgan fingerprint density at radius 2 is 1.50 bits per heavy atom. The second-order valence-corrected chi connectivity index (χ2v) is 7.46. The summed E-state index contributed by atoms with van der Waals surface area (Å²) in [4.78, 5) is 59.0. The maximum Gasteiger partial charge on any atom is 0.338 e. The summed E-state index contributed by atoms with van der Waals surface area (Å²) in [6, 6.07) is 12.7. The lowest BCUT2D eigenvalue weighted by Crippen LogP contribution is -2.21. The Kier molecular flexibility index (Phi) is 10.4. The molecule has 0 unspecified atom stereocenters. The number of rotatable bonds is 12. The average Bonchev–Trinajstić information content (AvgIpc) is 2.81. The summed E-state index contributed by atoms with van der Waals surface area (Å²) in [7, 11) is 0. The molecule has 9 nitrogen and oxygen atoms in total. The first-order valence-corrected chi connectivity index (χ1v) is 10.9. The van der Waals surface area contributed by atoms with Crippen LogP contribution in [0.25, 0.3) is 0 Å². The van der Waals surface area contributed by atoms with Gasteiger partial charge in [-0.3, -0.25) is 19.2 Å². The van der Waals surface area contributed by atoms with Crippen molar-refractivity contribution in [1.82, 2.24) is 0 Å². The van der Waals surface area contributed by atoms with Crippen molar-refractivity contribution in [2.45, 2.75) is 39.5 Å². The maximum absolute atomic E-state index is 12.0. The lowest BCUT2D eigenvalue weighted by atomic mass is 10.1. The molecule has 0 atom stereocenters. The van der Waals surface area contributed by atoms with Crippen molar-refractivity contribution in [2.75, 3.05) is 23.8 Å². The predicted octanol–water partition coefficient (Wildman–Crippen LogP) is 3.75. The van der Waals surface area contributed by atoms with Gasteiger partial charge in [0.25, 0.3) is 5.91 Å². The normalized spacial score (nSPS) is 10.2. The first kappa shape index (κ1) is 26.2. The number of carbonyl (C=O) groups excluding carboxylic acids is 5. The minimum absolute atomic E-state index is 0.0250. The largest absolute Gasteiger partial charge is 0.462 e. The van der Waals surface area contributed by atoms with E-state index in [0.29, 0.717) is 29.1 Å². The summed E-state index contributed by atoms with van der Waals surface area (Å²) >= 11 is 0. The number of ketones is 1. The number of Topliss-reactive ketones (excluding diaryl/α,β-unsaturated/α-hetero) is 1. The fraction of sp³-hybridized carbons (Fsp3) is 0.320. The molecular formula is C25H28N2O7. The molecule has 34 heavy (non-hydrogen) atoms. The van der Waals surface area contributed by atoms with E-state index < -0.39 is 24.5 Å². The van der Waals surface area contributed by atoms with Gasteiger partial charge in [0, 0.05) is 29.8 Å². The first-order valence-electron chi connectivity index (χ1n) is 10.9. The van der Waals surface area contributed by atoms with E-state index >= 15 is 0 Å². The van der Waals surface area contributed by atoms with Crippen LogP contribution in [0.4, 0.5) is 11.4 Å². The molecule has 2 aromatic carbocycles. The minimum Gasteiger partial charge on any atom is -0.462 e. The van der Waals surface area contributed by atoms with Crippen molar-refractivity contribution < 1.29 is 33.4 Å². The summed E-state index contributed by atoms with van der Waals surface area (Å²) in [6.45, 7) is 3.20. The third-order valence-electron chi connectivity index (χ3n) is 4.54. The third kappa shape index (κ3) is 9.23. The lowest BCUT2D eigenvalue weighted by Gasteiger charge is -2.08. The van der Waals surface area contributed by atoms with Crippen LogP contribution in [0.5, 0.6) is 0 Å². The minimum atomic E-state index is -0.601. The van der Waals surface area contributed by atoms with Crippen LogP contribution in [0.15, 0.2) is 48.5 Å². The van der Waals surface area contributed by atoms with Crippen LogP contribution in [-0.2, 0) is 23.9 Å². The molecule has 0 saturated heterocycles. The Bertz CT molecular complexity index is 1030. The number of amides is 2. The van der Waals surface area contributed by atoms with Crippen LogP contribution in [0.1, 0.15) is 60.2 Å². The number of hydrogen-bond donors (Lipinski definition) is 2. The zero-order chi connectivity index (χ0) is 24.9. The van der Waals surface area contributed by atoms with E-state index in [9.17, 15) is 24.0 Å². The molecule has 2 amide bonds. The van der Waals surface area contributed by atoms with E-state index in [0.717, 1.165) is 6.42 Å². The Balaban J connectivity index is 1.66. The van der Waals surface area contributed by atoms with Crippen LogP contribution >= 0.6 is 0 Å². The van der Waals surface area contributed by atoms with Gasteiger partial charge in [-0.15, -0.1) is 0 Å². The van der Waals surface area contributed by atoms with Crippen molar-refractivity contribution in [3.05, 3.63) is 59.7 Å². The molecule has 0 aromatic heterocycles. The van der Waals surface area contributed by atoms with Crippen molar-refractivity contribution in [3.63, 3.8) is 0 Å². The van der Waals surface area contributed by atoms with E-state index in [-0.39, 0.29) is 31.0 Å². The van der Waals surface area contributed by atoms with E-state index in [1.165, 1.54) is 19.1 Å². The van der Waals surface area contributed by atoms with Gasteiger partial charge in [-0.25, -0.2) is 4.79 Å². The molecule has 180 valence electrons. The fourth-order valence-corrected chi connectivity index (χ4v) is 2.82. The number of ether oxygens (including phenoxy) is 2. The highest BCUT2D eigenvalue weighted by molar-refractivity contribution is 5.97. The quantitative estimate of drug-likeness (QED) is 0.359. The second-order valence-electron chi connectivity index (χ2n) is 7.46. The summed E-state index contributed by atoms with van der Waals surface area (Å²) in [5, 5.41) is 5.24. The fourth-order valence-electron chi connectivity index (χ4n) is 2.82. The molecule has 0 aliphatic carbocycles. The van der Waals surface area contributed by atoms with E-state index in [1.807, 2.05) is 6.92 Å². The smallest absolute Gasteiger partial charge is 0.338 e. The van der Waals surface area contributed by atoms with Crippen molar-refractivity contribution in [1.29, 1.82) is 0 Å². The number of benzene rings is 2. The van der Waals surface area contributed by atoms with Gasteiger partial charge in [-0.1, -0.05) is 19.1 Å². The lowest BCUT2D eigenvalue weighted by molar-refractivity contribution is -0.147. The zero-order valence-corrected chi connectivity index (χ0v) is 19.2. The van der Waals surface area contributed by atoms with Gasteiger partial charge in [-0.05, 0) is 56.2 Å². The predicted molar refractivity (Wildman–Crippen MR) is 126 cm³/mol. The average molecular weight is 469 g/mol. The summed E-state index contributed by atoms with van der Waals surface area (Å²) < 4.78 is 9.96. The Labute approximate surface area is 197 Å². The molecule has 0 saturated carbocycles. The van der Waals surface area contributed by atoms with Crippen LogP contribution in [0.2, 0.25) is 0 Å². The molecule has 0 radical (unpaired) electrons. The van der Waals surface area contributed by atoms with E-state index in [2.05, 4.69) is 10.6 Å². The molecule has 0 fully saturated rings. The van der Waals surface area contributed by atoms with Crippen molar-refractivity contribution in [3.8, 4) is 0 Å². The number of hydrogen-bond acceptors (Lipinski definition) is 7. The SMILES string of the molecule is CCCOC(=O)c1ccc(NC(=O)COC(=O)CCCC(=O)Nc2cccc(C(C)=O)c2)cc1. The van der Waals surface area contributed by atoms with Gasteiger partial charge >= 0.3 is 11.9 Å². The molecule has 2 aromatic rings. The highest BCUT2D eigenvalue weighted by Crippen LogP contribution is 2.13. The molecule has 0 aliphatic heterocycles. The third-order valence-corrected chi connectivity index (χ3v) is 4.54. The topological polar surface area (TPSA) is 128 Å². The maximum atomic E-state index is 12.0. The zero-order valence-electron chi connectivity index (χ0n) is 19.2. The Hall–Kier alpha value is -4.01. The van der Waals surface area contributed by atoms with Crippen molar-refractivity contribution in [2.24, 2.45) is 0 Å². The molecular weight excluding hydrogens is 440 g/mol. The highest BCUT2D eigenvalue weighted by atomic mass is 16.5.